The first-order chi connectivity index (χ1) is 10.1. The molecule has 1 heterocycles. The van der Waals surface area contributed by atoms with E-state index in [1.165, 1.54) is 31.4 Å². The Balaban J connectivity index is 1.90. The maximum atomic E-state index is 6.24. The molecule has 2 N–H and O–H groups in total. The standard InChI is InChI=1S/C19H30N2/c1-13-10-14(2)15(3)21(12-13)19(11-20)18-7-5-4-6-17(18)16-8-9-16/h4-7,13-16,19H,8-12,20H2,1-3H3. The molecule has 2 aliphatic rings. The van der Waals surface area contributed by atoms with E-state index in [1.54, 1.807) is 5.56 Å². The number of benzene rings is 1. The number of hydrogen-bond acceptors (Lipinski definition) is 2. The van der Waals surface area contributed by atoms with E-state index < -0.39 is 0 Å². The van der Waals surface area contributed by atoms with Crippen LogP contribution >= 0.6 is 0 Å². The third kappa shape index (κ3) is 3.02. The number of nitrogens with two attached hydrogens (primary N) is 1. The molecule has 2 heteroatoms. The Morgan fingerprint density at radius 3 is 2.57 bits per heavy atom. The molecule has 1 aromatic carbocycles. The molecular formula is C19H30N2. The van der Waals surface area contributed by atoms with Crippen molar-refractivity contribution >= 4 is 0 Å². The van der Waals surface area contributed by atoms with Crippen LogP contribution in [0.2, 0.25) is 0 Å². The summed E-state index contributed by atoms with van der Waals surface area (Å²) in [5, 5.41) is 0. The van der Waals surface area contributed by atoms with Gasteiger partial charge in [-0.05, 0) is 55.1 Å². The van der Waals surface area contributed by atoms with E-state index in [1.807, 2.05) is 0 Å². The largest absolute Gasteiger partial charge is 0.329 e. The molecule has 3 rings (SSSR count). The van der Waals surface area contributed by atoms with Crippen molar-refractivity contribution in [2.24, 2.45) is 17.6 Å². The van der Waals surface area contributed by atoms with Crippen molar-refractivity contribution in [1.82, 2.24) is 4.90 Å². The fourth-order valence-electron chi connectivity index (χ4n) is 4.19. The van der Waals surface area contributed by atoms with Crippen LogP contribution in [0.1, 0.15) is 63.1 Å². The average Bonchev–Trinajstić information content (AvgIpc) is 3.30. The van der Waals surface area contributed by atoms with E-state index in [0.717, 1.165) is 24.3 Å². The van der Waals surface area contributed by atoms with Gasteiger partial charge in [0.2, 0.25) is 0 Å². The highest BCUT2D eigenvalue weighted by atomic mass is 15.2. The second-order valence-electron chi connectivity index (χ2n) is 7.41. The Labute approximate surface area is 129 Å². The summed E-state index contributed by atoms with van der Waals surface area (Å²) in [6.45, 7) is 9.09. The van der Waals surface area contributed by atoms with E-state index in [0.29, 0.717) is 12.1 Å². The van der Waals surface area contributed by atoms with Crippen molar-refractivity contribution in [2.75, 3.05) is 13.1 Å². The van der Waals surface area contributed by atoms with E-state index in [9.17, 15) is 0 Å². The fourth-order valence-corrected chi connectivity index (χ4v) is 4.19. The summed E-state index contributed by atoms with van der Waals surface area (Å²) < 4.78 is 0. The Morgan fingerprint density at radius 2 is 1.90 bits per heavy atom. The number of piperidine rings is 1. The molecule has 116 valence electrons. The van der Waals surface area contributed by atoms with E-state index in [-0.39, 0.29) is 0 Å². The molecule has 0 bridgehead atoms. The van der Waals surface area contributed by atoms with Gasteiger partial charge < -0.3 is 5.73 Å². The zero-order valence-corrected chi connectivity index (χ0v) is 13.8. The zero-order valence-electron chi connectivity index (χ0n) is 13.8. The minimum atomic E-state index is 0.391. The Bertz CT molecular complexity index is 480. The minimum Gasteiger partial charge on any atom is -0.329 e. The lowest BCUT2D eigenvalue weighted by molar-refractivity contribution is 0.0421. The first-order valence-electron chi connectivity index (χ1n) is 8.66. The van der Waals surface area contributed by atoms with Gasteiger partial charge >= 0.3 is 0 Å². The van der Waals surface area contributed by atoms with Crippen LogP contribution < -0.4 is 5.73 Å². The predicted molar refractivity (Wildman–Crippen MR) is 89.3 cm³/mol. The minimum absolute atomic E-state index is 0.391. The Kier molecular flexibility index (Phi) is 4.37. The summed E-state index contributed by atoms with van der Waals surface area (Å²) in [4.78, 5) is 2.68. The molecule has 1 aromatic rings. The van der Waals surface area contributed by atoms with Gasteiger partial charge in [-0.15, -0.1) is 0 Å². The Morgan fingerprint density at radius 1 is 1.19 bits per heavy atom. The van der Waals surface area contributed by atoms with Crippen molar-refractivity contribution < 1.29 is 0 Å². The normalized spacial score (nSPS) is 32.1. The van der Waals surface area contributed by atoms with Gasteiger partial charge in [-0.25, -0.2) is 0 Å². The second kappa shape index (κ2) is 6.10. The number of rotatable bonds is 4. The predicted octanol–water partition coefficient (Wildman–Crippen LogP) is 3.93. The molecule has 0 aromatic heterocycles. The van der Waals surface area contributed by atoms with E-state index >= 15 is 0 Å². The molecule has 4 unspecified atom stereocenters. The number of hydrogen-bond donors (Lipinski definition) is 1. The highest BCUT2D eigenvalue weighted by Gasteiger charge is 2.35. The topological polar surface area (TPSA) is 29.3 Å². The maximum Gasteiger partial charge on any atom is 0.0476 e. The quantitative estimate of drug-likeness (QED) is 0.908. The molecule has 21 heavy (non-hydrogen) atoms. The van der Waals surface area contributed by atoms with Gasteiger partial charge in [0, 0.05) is 25.2 Å². The first-order valence-corrected chi connectivity index (χ1v) is 8.66. The summed E-state index contributed by atoms with van der Waals surface area (Å²) in [7, 11) is 0. The lowest BCUT2D eigenvalue weighted by Gasteiger charge is -2.45. The van der Waals surface area contributed by atoms with Gasteiger partial charge in [-0.3, -0.25) is 4.90 Å². The van der Waals surface area contributed by atoms with Crippen LogP contribution in [0.15, 0.2) is 24.3 Å². The summed E-state index contributed by atoms with van der Waals surface area (Å²) in [5.41, 5.74) is 9.29. The molecule has 0 amide bonds. The maximum absolute atomic E-state index is 6.24. The fraction of sp³-hybridized carbons (Fsp3) is 0.684. The van der Waals surface area contributed by atoms with Crippen LogP contribution in [-0.4, -0.2) is 24.0 Å². The zero-order chi connectivity index (χ0) is 15.0. The first kappa shape index (κ1) is 15.1. The van der Waals surface area contributed by atoms with Gasteiger partial charge in [0.15, 0.2) is 0 Å². The molecule has 1 saturated heterocycles. The molecule has 4 atom stereocenters. The highest BCUT2D eigenvalue weighted by Crippen LogP contribution is 2.44. The van der Waals surface area contributed by atoms with E-state index in [4.69, 9.17) is 5.73 Å². The SMILES string of the molecule is CC1CC(C)C(C)N(C(CN)c2ccccc2C2CC2)C1. The highest BCUT2D eigenvalue weighted by molar-refractivity contribution is 5.36. The van der Waals surface area contributed by atoms with Crippen LogP contribution in [0.5, 0.6) is 0 Å². The average molecular weight is 286 g/mol. The van der Waals surface area contributed by atoms with Crippen molar-refractivity contribution in [3.05, 3.63) is 35.4 Å². The lowest BCUT2D eigenvalue weighted by atomic mass is 9.83. The molecule has 2 nitrogen and oxygen atoms in total. The molecule has 0 spiro atoms. The Hall–Kier alpha value is -0.860. The van der Waals surface area contributed by atoms with Gasteiger partial charge in [0.05, 0.1) is 0 Å². The van der Waals surface area contributed by atoms with Crippen molar-refractivity contribution in [3.8, 4) is 0 Å². The molecule has 1 aliphatic heterocycles. The van der Waals surface area contributed by atoms with Gasteiger partial charge in [0.25, 0.3) is 0 Å². The third-order valence-electron chi connectivity index (χ3n) is 5.64. The monoisotopic (exact) mass is 286 g/mol. The molecule has 2 fully saturated rings. The number of likely N-dealkylation sites (tertiary alicyclic amines) is 1. The summed E-state index contributed by atoms with van der Waals surface area (Å²) in [6.07, 6.45) is 4.06. The van der Waals surface area contributed by atoms with Crippen LogP contribution in [0, 0.1) is 11.8 Å². The van der Waals surface area contributed by atoms with Crippen LogP contribution in [0.3, 0.4) is 0 Å². The second-order valence-corrected chi connectivity index (χ2v) is 7.41. The van der Waals surface area contributed by atoms with E-state index in [2.05, 4.69) is 49.9 Å². The summed E-state index contributed by atoms with van der Waals surface area (Å²) in [6, 6.07) is 10.0. The van der Waals surface area contributed by atoms with Crippen LogP contribution in [-0.2, 0) is 0 Å². The molecule has 0 radical (unpaired) electrons. The van der Waals surface area contributed by atoms with Gasteiger partial charge in [-0.1, -0.05) is 38.1 Å². The van der Waals surface area contributed by atoms with Crippen molar-refractivity contribution in [1.29, 1.82) is 0 Å². The summed E-state index contributed by atoms with van der Waals surface area (Å²) >= 11 is 0. The van der Waals surface area contributed by atoms with Crippen LogP contribution in [0.25, 0.3) is 0 Å². The molecule has 1 saturated carbocycles. The van der Waals surface area contributed by atoms with Gasteiger partial charge in [0.1, 0.15) is 0 Å². The van der Waals surface area contributed by atoms with Gasteiger partial charge in [-0.2, -0.15) is 0 Å². The van der Waals surface area contributed by atoms with Crippen LogP contribution in [0.4, 0.5) is 0 Å². The smallest absolute Gasteiger partial charge is 0.0476 e. The summed E-state index contributed by atoms with van der Waals surface area (Å²) in [5.74, 6) is 2.33. The van der Waals surface area contributed by atoms with Crippen molar-refractivity contribution in [3.63, 3.8) is 0 Å². The molecular weight excluding hydrogens is 256 g/mol. The third-order valence-corrected chi connectivity index (χ3v) is 5.64. The lowest BCUT2D eigenvalue weighted by Crippen LogP contribution is -2.49. The van der Waals surface area contributed by atoms with Crippen molar-refractivity contribution in [2.45, 2.75) is 58.0 Å². The molecule has 1 aliphatic carbocycles. The number of nitrogens with zero attached hydrogens (tertiary/aromatic N) is 1.